The van der Waals surface area contributed by atoms with Gasteiger partial charge in [0.05, 0.1) is 6.10 Å². The Balaban J connectivity index is 1.39. The lowest BCUT2D eigenvalue weighted by atomic mass is 10.1. The molecule has 0 saturated carbocycles. The predicted molar refractivity (Wildman–Crippen MR) is 116 cm³/mol. The standard InChI is InChI=1S/C23H24N2O2S/c1-27-22-3-2-13-25(15-22)21-10-8-20(9-11-21)24-23(26)18-6-4-17(5-7-18)19-12-14-28-16-19/h4-12,14,16,22H,2-3,13,15H2,1H3,(H,24,26). The first kappa shape index (κ1) is 18.7. The highest BCUT2D eigenvalue weighted by atomic mass is 32.1. The van der Waals surface area contributed by atoms with Gasteiger partial charge in [0.2, 0.25) is 0 Å². The van der Waals surface area contributed by atoms with Crippen LogP contribution in [0.3, 0.4) is 0 Å². The van der Waals surface area contributed by atoms with Gasteiger partial charge in [0.15, 0.2) is 0 Å². The van der Waals surface area contributed by atoms with Gasteiger partial charge in [-0.3, -0.25) is 4.79 Å². The smallest absolute Gasteiger partial charge is 0.255 e. The number of carbonyl (C=O) groups excluding carboxylic acids is 1. The van der Waals surface area contributed by atoms with Gasteiger partial charge < -0.3 is 15.0 Å². The normalized spacial score (nSPS) is 16.8. The van der Waals surface area contributed by atoms with Crippen LogP contribution in [0.25, 0.3) is 11.1 Å². The quantitative estimate of drug-likeness (QED) is 0.642. The topological polar surface area (TPSA) is 41.6 Å². The van der Waals surface area contributed by atoms with Gasteiger partial charge in [-0.2, -0.15) is 11.3 Å². The highest BCUT2D eigenvalue weighted by Gasteiger charge is 2.19. The fourth-order valence-electron chi connectivity index (χ4n) is 3.57. The number of carbonyl (C=O) groups is 1. The highest BCUT2D eigenvalue weighted by molar-refractivity contribution is 7.08. The van der Waals surface area contributed by atoms with Gasteiger partial charge in [-0.05, 0) is 77.2 Å². The fraction of sp³-hybridized carbons (Fsp3) is 0.261. The molecule has 4 nitrogen and oxygen atoms in total. The molecule has 1 aliphatic rings. The first-order valence-corrected chi connectivity index (χ1v) is 10.5. The molecule has 1 fully saturated rings. The molecule has 1 saturated heterocycles. The molecular formula is C23H24N2O2S. The maximum atomic E-state index is 12.5. The summed E-state index contributed by atoms with van der Waals surface area (Å²) in [4.78, 5) is 14.9. The summed E-state index contributed by atoms with van der Waals surface area (Å²) in [6.07, 6.45) is 2.55. The van der Waals surface area contributed by atoms with Crippen LogP contribution in [0.1, 0.15) is 23.2 Å². The van der Waals surface area contributed by atoms with E-state index in [2.05, 4.69) is 39.2 Å². The summed E-state index contributed by atoms with van der Waals surface area (Å²) in [5.41, 5.74) is 4.93. The Morgan fingerprint density at radius 1 is 1.07 bits per heavy atom. The summed E-state index contributed by atoms with van der Waals surface area (Å²) in [5, 5.41) is 7.14. The Kier molecular flexibility index (Phi) is 5.74. The van der Waals surface area contributed by atoms with Crippen molar-refractivity contribution < 1.29 is 9.53 Å². The van der Waals surface area contributed by atoms with Crippen molar-refractivity contribution in [2.24, 2.45) is 0 Å². The van der Waals surface area contributed by atoms with Crippen molar-refractivity contribution in [2.45, 2.75) is 18.9 Å². The lowest BCUT2D eigenvalue weighted by molar-refractivity contribution is 0.0893. The first-order valence-electron chi connectivity index (χ1n) is 9.55. The number of nitrogens with one attached hydrogen (secondary N) is 1. The molecule has 1 aromatic heterocycles. The Hall–Kier alpha value is -2.63. The number of hydrogen-bond acceptors (Lipinski definition) is 4. The van der Waals surface area contributed by atoms with E-state index in [1.165, 1.54) is 11.3 Å². The van der Waals surface area contributed by atoms with E-state index in [1.807, 2.05) is 36.4 Å². The summed E-state index contributed by atoms with van der Waals surface area (Å²) in [6, 6.07) is 17.8. The zero-order valence-electron chi connectivity index (χ0n) is 15.9. The van der Waals surface area contributed by atoms with Crippen molar-refractivity contribution in [2.75, 3.05) is 30.4 Å². The second kappa shape index (κ2) is 8.59. The van der Waals surface area contributed by atoms with E-state index in [4.69, 9.17) is 4.74 Å². The van der Waals surface area contributed by atoms with Crippen LogP contribution in [0.15, 0.2) is 65.4 Å². The minimum atomic E-state index is -0.0953. The van der Waals surface area contributed by atoms with Crippen molar-refractivity contribution in [1.29, 1.82) is 0 Å². The maximum Gasteiger partial charge on any atom is 0.255 e. The van der Waals surface area contributed by atoms with E-state index in [0.717, 1.165) is 37.2 Å². The van der Waals surface area contributed by atoms with Crippen LogP contribution in [-0.4, -0.2) is 32.2 Å². The van der Waals surface area contributed by atoms with Gasteiger partial charge in [0.1, 0.15) is 0 Å². The van der Waals surface area contributed by atoms with Crippen LogP contribution in [0.5, 0.6) is 0 Å². The first-order chi connectivity index (χ1) is 13.7. The number of methoxy groups -OCH3 is 1. The second-order valence-corrected chi connectivity index (χ2v) is 7.82. The molecule has 3 aromatic rings. The van der Waals surface area contributed by atoms with E-state index >= 15 is 0 Å². The summed E-state index contributed by atoms with van der Waals surface area (Å²) in [5.74, 6) is -0.0953. The third-order valence-electron chi connectivity index (χ3n) is 5.20. The monoisotopic (exact) mass is 392 g/mol. The molecule has 0 bridgehead atoms. The summed E-state index contributed by atoms with van der Waals surface area (Å²) >= 11 is 1.67. The Morgan fingerprint density at radius 2 is 1.86 bits per heavy atom. The number of hydrogen-bond donors (Lipinski definition) is 1. The fourth-order valence-corrected chi connectivity index (χ4v) is 4.23. The Morgan fingerprint density at radius 3 is 2.54 bits per heavy atom. The largest absolute Gasteiger partial charge is 0.380 e. The zero-order chi connectivity index (χ0) is 19.3. The van der Waals surface area contributed by atoms with Gasteiger partial charge in [0, 0.05) is 37.1 Å². The molecule has 1 amide bonds. The van der Waals surface area contributed by atoms with Crippen LogP contribution in [-0.2, 0) is 4.74 Å². The molecular weight excluding hydrogens is 368 g/mol. The van der Waals surface area contributed by atoms with Crippen LogP contribution < -0.4 is 10.2 Å². The Labute approximate surface area is 169 Å². The number of amides is 1. The van der Waals surface area contributed by atoms with E-state index in [1.54, 1.807) is 18.4 Å². The molecule has 1 unspecified atom stereocenters. The summed E-state index contributed by atoms with van der Waals surface area (Å²) in [6.45, 7) is 1.96. The third-order valence-corrected chi connectivity index (χ3v) is 5.89. The lowest BCUT2D eigenvalue weighted by Crippen LogP contribution is -2.39. The number of nitrogens with zero attached hydrogens (tertiary/aromatic N) is 1. The molecule has 0 aliphatic carbocycles. The van der Waals surface area contributed by atoms with E-state index in [9.17, 15) is 4.79 Å². The number of rotatable bonds is 5. The minimum absolute atomic E-state index is 0.0953. The number of anilines is 2. The molecule has 0 radical (unpaired) electrons. The zero-order valence-corrected chi connectivity index (χ0v) is 16.7. The van der Waals surface area contributed by atoms with Crippen molar-refractivity contribution in [1.82, 2.24) is 0 Å². The van der Waals surface area contributed by atoms with Crippen LogP contribution in [0, 0.1) is 0 Å². The van der Waals surface area contributed by atoms with Crippen molar-refractivity contribution in [3.05, 3.63) is 70.9 Å². The van der Waals surface area contributed by atoms with E-state index in [-0.39, 0.29) is 5.91 Å². The SMILES string of the molecule is COC1CCCN(c2ccc(NC(=O)c3ccc(-c4ccsc4)cc3)cc2)C1. The highest BCUT2D eigenvalue weighted by Crippen LogP contribution is 2.24. The molecule has 0 spiro atoms. The van der Waals surface area contributed by atoms with Crippen LogP contribution >= 0.6 is 11.3 Å². The molecule has 1 N–H and O–H groups in total. The molecule has 2 aromatic carbocycles. The molecule has 4 rings (SSSR count). The summed E-state index contributed by atoms with van der Waals surface area (Å²) in [7, 11) is 1.78. The minimum Gasteiger partial charge on any atom is -0.380 e. The van der Waals surface area contributed by atoms with Gasteiger partial charge in [-0.1, -0.05) is 12.1 Å². The molecule has 1 atom stereocenters. The number of thiophene rings is 1. The average Bonchev–Trinajstić information content (AvgIpc) is 3.29. The number of piperidine rings is 1. The van der Waals surface area contributed by atoms with Crippen molar-refractivity contribution in [3.63, 3.8) is 0 Å². The molecule has 1 aliphatic heterocycles. The molecule has 2 heterocycles. The van der Waals surface area contributed by atoms with Gasteiger partial charge in [-0.25, -0.2) is 0 Å². The van der Waals surface area contributed by atoms with Crippen LogP contribution in [0.4, 0.5) is 11.4 Å². The van der Waals surface area contributed by atoms with Crippen LogP contribution in [0.2, 0.25) is 0 Å². The second-order valence-electron chi connectivity index (χ2n) is 7.04. The molecule has 144 valence electrons. The van der Waals surface area contributed by atoms with Crippen molar-refractivity contribution >= 4 is 28.6 Å². The van der Waals surface area contributed by atoms with Crippen molar-refractivity contribution in [3.8, 4) is 11.1 Å². The molecule has 28 heavy (non-hydrogen) atoms. The van der Waals surface area contributed by atoms with E-state index in [0.29, 0.717) is 11.7 Å². The predicted octanol–water partition coefficient (Wildman–Crippen LogP) is 5.28. The number of ether oxygens (including phenoxy) is 1. The molecule has 5 heteroatoms. The van der Waals surface area contributed by atoms with E-state index < -0.39 is 0 Å². The van der Waals surface area contributed by atoms with Gasteiger partial charge in [0.25, 0.3) is 5.91 Å². The lowest BCUT2D eigenvalue weighted by Gasteiger charge is -2.33. The average molecular weight is 393 g/mol. The maximum absolute atomic E-state index is 12.5. The van der Waals surface area contributed by atoms with Gasteiger partial charge in [-0.15, -0.1) is 0 Å². The summed E-state index contributed by atoms with van der Waals surface area (Å²) < 4.78 is 5.50. The number of benzene rings is 2. The van der Waals surface area contributed by atoms with Gasteiger partial charge >= 0.3 is 0 Å². The third kappa shape index (κ3) is 4.26. The Bertz CT molecular complexity index is 905.